The Balaban J connectivity index is 1.57. The van der Waals surface area contributed by atoms with Gasteiger partial charge in [-0.2, -0.15) is 0 Å². The zero-order valence-electron chi connectivity index (χ0n) is 13.7. The first-order valence-corrected chi connectivity index (χ1v) is 8.73. The highest BCUT2D eigenvalue weighted by Crippen LogP contribution is 2.12. The highest BCUT2D eigenvalue weighted by atomic mass is 32.1. The van der Waals surface area contributed by atoms with Crippen LogP contribution < -0.4 is 10.1 Å². The largest absolute Gasteiger partial charge is 0.497 e. The van der Waals surface area contributed by atoms with Crippen LogP contribution in [0.25, 0.3) is 0 Å². The highest BCUT2D eigenvalue weighted by molar-refractivity contribution is 7.09. The van der Waals surface area contributed by atoms with Gasteiger partial charge in [0.1, 0.15) is 5.75 Å². The summed E-state index contributed by atoms with van der Waals surface area (Å²) in [5.74, 6) is 0.738. The topological polar surface area (TPSA) is 67.8 Å². The summed E-state index contributed by atoms with van der Waals surface area (Å²) in [6, 6.07) is 11.5. The van der Waals surface area contributed by atoms with Gasteiger partial charge in [0.15, 0.2) is 0 Å². The van der Waals surface area contributed by atoms with E-state index in [4.69, 9.17) is 9.47 Å². The lowest BCUT2D eigenvalue weighted by atomic mass is 10.2. The van der Waals surface area contributed by atoms with E-state index < -0.39 is 6.10 Å². The van der Waals surface area contributed by atoms with Crippen LogP contribution in [0.4, 0.5) is 0 Å². The summed E-state index contributed by atoms with van der Waals surface area (Å²) >= 11 is 1.64. The summed E-state index contributed by atoms with van der Waals surface area (Å²) in [7, 11) is 1.62. The number of aliphatic hydroxyl groups excluding tert-OH is 1. The molecule has 5 nitrogen and oxygen atoms in total. The first kappa shape index (κ1) is 18.4. The number of methoxy groups -OCH3 is 1. The number of aliphatic hydroxyl groups is 1. The molecule has 1 aromatic heterocycles. The van der Waals surface area contributed by atoms with Crippen LogP contribution in [-0.4, -0.2) is 37.4 Å². The second-order valence-electron chi connectivity index (χ2n) is 5.40. The maximum absolute atomic E-state index is 11.7. The molecular weight excluding hydrogens is 326 g/mol. The predicted octanol–water partition coefficient (Wildman–Crippen LogP) is 2.38. The summed E-state index contributed by atoms with van der Waals surface area (Å²) in [4.78, 5) is 12.9. The zero-order valence-corrected chi connectivity index (χ0v) is 14.6. The molecule has 2 N–H and O–H groups in total. The van der Waals surface area contributed by atoms with Crippen molar-refractivity contribution in [2.45, 2.75) is 25.6 Å². The number of hydrogen-bond acceptors (Lipinski definition) is 5. The molecule has 0 aliphatic heterocycles. The Kier molecular flexibility index (Phi) is 7.74. The van der Waals surface area contributed by atoms with Gasteiger partial charge in [-0.25, -0.2) is 0 Å². The minimum atomic E-state index is -0.714. The molecule has 0 radical (unpaired) electrons. The highest BCUT2D eigenvalue weighted by Gasteiger charge is 2.08. The fourth-order valence-corrected chi connectivity index (χ4v) is 2.81. The SMILES string of the molecule is COc1ccc(COCC(O)CNC(=O)CCc2cccs2)cc1. The van der Waals surface area contributed by atoms with Gasteiger partial charge in [0, 0.05) is 17.8 Å². The van der Waals surface area contributed by atoms with Gasteiger partial charge in [0.2, 0.25) is 5.91 Å². The summed E-state index contributed by atoms with van der Waals surface area (Å²) in [5, 5.41) is 14.6. The lowest BCUT2D eigenvalue weighted by Crippen LogP contribution is -2.34. The van der Waals surface area contributed by atoms with Gasteiger partial charge in [-0.1, -0.05) is 18.2 Å². The predicted molar refractivity (Wildman–Crippen MR) is 94.3 cm³/mol. The molecule has 130 valence electrons. The molecule has 0 aliphatic carbocycles. The Morgan fingerprint density at radius 2 is 2.08 bits per heavy atom. The standard InChI is InChI=1S/C18H23NO4S/c1-22-16-6-4-14(5-7-16)12-23-13-15(20)11-19-18(21)9-8-17-3-2-10-24-17/h2-7,10,15,20H,8-9,11-13H2,1H3,(H,19,21). The molecule has 1 heterocycles. The van der Waals surface area contributed by atoms with Crippen LogP contribution in [0.15, 0.2) is 41.8 Å². The van der Waals surface area contributed by atoms with E-state index >= 15 is 0 Å². The van der Waals surface area contributed by atoms with E-state index in [1.165, 1.54) is 4.88 Å². The number of carbonyl (C=O) groups excluding carboxylic acids is 1. The number of benzene rings is 1. The van der Waals surface area contributed by atoms with Gasteiger partial charge < -0.3 is 19.9 Å². The quantitative estimate of drug-likeness (QED) is 0.691. The molecule has 1 amide bonds. The average Bonchev–Trinajstić information content (AvgIpc) is 3.12. The smallest absolute Gasteiger partial charge is 0.220 e. The number of thiophene rings is 1. The van der Waals surface area contributed by atoms with Crippen molar-refractivity contribution in [2.75, 3.05) is 20.3 Å². The Bertz CT molecular complexity index is 598. The number of carbonyl (C=O) groups is 1. The second kappa shape index (κ2) is 10.1. The van der Waals surface area contributed by atoms with Crippen molar-refractivity contribution in [3.63, 3.8) is 0 Å². The van der Waals surface area contributed by atoms with Crippen molar-refractivity contribution >= 4 is 17.2 Å². The molecule has 1 atom stereocenters. The molecule has 0 spiro atoms. The Hall–Kier alpha value is -1.89. The maximum Gasteiger partial charge on any atom is 0.220 e. The first-order chi connectivity index (χ1) is 11.7. The second-order valence-corrected chi connectivity index (χ2v) is 6.43. The molecule has 2 aromatic rings. The van der Waals surface area contributed by atoms with E-state index in [0.29, 0.717) is 13.0 Å². The minimum absolute atomic E-state index is 0.0578. The average molecular weight is 349 g/mol. The van der Waals surface area contributed by atoms with Crippen molar-refractivity contribution in [1.29, 1.82) is 0 Å². The van der Waals surface area contributed by atoms with E-state index in [1.807, 2.05) is 41.8 Å². The zero-order chi connectivity index (χ0) is 17.2. The van der Waals surface area contributed by atoms with Gasteiger partial charge in [0.25, 0.3) is 0 Å². The van der Waals surface area contributed by atoms with Crippen LogP contribution in [0.5, 0.6) is 5.75 Å². The third-order valence-electron chi connectivity index (χ3n) is 3.45. The van der Waals surface area contributed by atoms with E-state index in [0.717, 1.165) is 17.7 Å². The van der Waals surface area contributed by atoms with Crippen LogP contribution in [0.3, 0.4) is 0 Å². The minimum Gasteiger partial charge on any atom is -0.497 e. The van der Waals surface area contributed by atoms with Crippen molar-refractivity contribution in [3.8, 4) is 5.75 Å². The molecule has 1 aromatic carbocycles. The lowest BCUT2D eigenvalue weighted by Gasteiger charge is -2.12. The third kappa shape index (κ3) is 6.70. The van der Waals surface area contributed by atoms with Gasteiger partial charge in [-0.15, -0.1) is 11.3 Å². The Labute approximate surface area is 146 Å². The van der Waals surface area contributed by atoms with Crippen LogP contribution in [-0.2, 0) is 22.6 Å². The normalized spacial score (nSPS) is 11.9. The summed E-state index contributed by atoms with van der Waals surface area (Å²) < 4.78 is 10.6. The van der Waals surface area contributed by atoms with Gasteiger partial charge in [-0.3, -0.25) is 4.79 Å². The van der Waals surface area contributed by atoms with Crippen LogP contribution >= 0.6 is 11.3 Å². The summed E-state index contributed by atoms with van der Waals surface area (Å²) in [6.07, 6.45) is 0.446. The number of aryl methyl sites for hydroxylation is 1. The van der Waals surface area contributed by atoms with Crippen LogP contribution in [0.1, 0.15) is 16.9 Å². The molecule has 24 heavy (non-hydrogen) atoms. The van der Waals surface area contributed by atoms with Crippen LogP contribution in [0, 0.1) is 0 Å². The van der Waals surface area contributed by atoms with Crippen molar-refractivity contribution in [2.24, 2.45) is 0 Å². The van der Waals surface area contributed by atoms with Gasteiger partial charge >= 0.3 is 0 Å². The maximum atomic E-state index is 11.7. The number of ether oxygens (including phenoxy) is 2. The number of rotatable bonds is 10. The molecular formula is C18H23NO4S. The Morgan fingerprint density at radius 1 is 1.29 bits per heavy atom. The molecule has 0 saturated heterocycles. The van der Waals surface area contributed by atoms with E-state index in [1.54, 1.807) is 18.4 Å². The van der Waals surface area contributed by atoms with Crippen LogP contribution in [0.2, 0.25) is 0 Å². The molecule has 0 aliphatic rings. The Morgan fingerprint density at radius 3 is 2.75 bits per heavy atom. The van der Waals surface area contributed by atoms with Crippen molar-refractivity contribution in [3.05, 3.63) is 52.2 Å². The first-order valence-electron chi connectivity index (χ1n) is 7.85. The molecule has 1 unspecified atom stereocenters. The number of nitrogens with one attached hydrogen (secondary N) is 1. The third-order valence-corrected chi connectivity index (χ3v) is 4.39. The van der Waals surface area contributed by atoms with E-state index in [9.17, 15) is 9.90 Å². The molecule has 0 bridgehead atoms. The fraction of sp³-hybridized carbons (Fsp3) is 0.389. The van der Waals surface area contributed by atoms with E-state index in [2.05, 4.69) is 5.32 Å². The number of amides is 1. The number of hydrogen-bond donors (Lipinski definition) is 2. The molecule has 0 fully saturated rings. The summed E-state index contributed by atoms with van der Waals surface area (Å²) in [5.41, 5.74) is 1.00. The van der Waals surface area contributed by atoms with Gasteiger partial charge in [0.05, 0.1) is 26.4 Å². The van der Waals surface area contributed by atoms with Gasteiger partial charge in [-0.05, 0) is 35.6 Å². The molecule has 0 saturated carbocycles. The monoisotopic (exact) mass is 349 g/mol. The molecule has 6 heteroatoms. The summed E-state index contributed by atoms with van der Waals surface area (Å²) in [6.45, 7) is 0.788. The van der Waals surface area contributed by atoms with Crippen molar-refractivity contribution in [1.82, 2.24) is 5.32 Å². The molecule has 2 rings (SSSR count). The van der Waals surface area contributed by atoms with E-state index in [-0.39, 0.29) is 19.1 Å². The lowest BCUT2D eigenvalue weighted by molar-refractivity contribution is -0.121. The van der Waals surface area contributed by atoms with Crippen molar-refractivity contribution < 1.29 is 19.4 Å². The fourth-order valence-electron chi connectivity index (χ4n) is 2.11.